The number of hydrogen-bond acceptors (Lipinski definition) is 3. The third-order valence-electron chi connectivity index (χ3n) is 4.32. The van der Waals surface area contributed by atoms with E-state index in [0.29, 0.717) is 5.56 Å². The zero-order valence-corrected chi connectivity index (χ0v) is 13.8. The van der Waals surface area contributed by atoms with Crippen LogP contribution in [0, 0.1) is 12.8 Å². The van der Waals surface area contributed by atoms with E-state index in [1.165, 1.54) is 0 Å². The first kappa shape index (κ1) is 15.3. The van der Waals surface area contributed by atoms with Crippen LogP contribution in [0.25, 0.3) is 0 Å². The monoisotopic (exact) mass is 327 g/mol. The highest BCUT2D eigenvalue weighted by Crippen LogP contribution is 2.31. The molecule has 0 aromatic heterocycles. The van der Waals surface area contributed by atoms with Crippen molar-refractivity contribution in [1.29, 1.82) is 0 Å². The van der Waals surface area contributed by atoms with Gasteiger partial charge in [-0.3, -0.25) is 9.79 Å². The first-order chi connectivity index (χ1) is 12.2. The SMILES string of the molecule is Cc1ccc(C(=O)N/N=C2/c3ccccc3N=C3C=CC=CC32)cc1. The fourth-order valence-corrected chi connectivity index (χ4v) is 2.97. The summed E-state index contributed by atoms with van der Waals surface area (Å²) in [5.74, 6) is -0.261. The van der Waals surface area contributed by atoms with Crippen molar-refractivity contribution in [2.75, 3.05) is 0 Å². The van der Waals surface area contributed by atoms with Crippen molar-refractivity contribution in [2.45, 2.75) is 6.92 Å². The van der Waals surface area contributed by atoms with Crippen molar-refractivity contribution in [2.24, 2.45) is 16.0 Å². The van der Waals surface area contributed by atoms with Crippen LogP contribution in [-0.4, -0.2) is 17.3 Å². The van der Waals surface area contributed by atoms with E-state index in [0.717, 1.165) is 28.2 Å². The molecule has 0 spiro atoms. The molecule has 0 bridgehead atoms. The van der Waals surface area contributed by atoms with E-state index in [4.69, 9.17) is 4.99 Å². The third-order valence-corrected chi connectivity index (χ3v) is 4.32. The third kappa shape index (κ3) is 2.94. The average molecular weight is 327 g/mol. The van der Waals surface area contributed by atoms with Crippen LogP contribution in [0.5, 0.6) is 0 Å². The Hall–Kier alpha value is -3.27. The molecule has 1 aliphatic heterocycles. The first-order valence-electron chi connectivity index (χ1n) is 8.20. The maximum absolute atomic E-state index is 12.4. The molecule has 4 rings (SSSR count). The number of amides is 1. The number of para-hydroxylation sites is 1. The summed E-state index contributed by atoms with van der Waals surface area (Å²) in [6.45, 7) is 1.99. The minimum absolute atomic E-state index is 0.0433. The van der Waals surface area contributed by atoms with Gasteiger partial charge in [-0.15, -0.1) is 0 Å². The minimum Gasteiger partial charge on any atom is -0.267 e. The second kappa shape index (κ2) is 6.32. The van der Waals surface area contributed by atoms with E-state index in [-0.39, 0.29) is 11.8 Å². The molecule has 122 valence electrons. The molecule has 1 aliphatic carbocycles. The molecule has 2 aromatic rings. The summed E-state index contributed by atoms with van der Waals surface area (Å²) in [5, 5.41) is 4.46. The highest BCUT2D eigenvalue weighted by molar-refractivity contribution is 6.25. The van der Waals surface area contributed by atoms with Crippen molar-refractivity contribution in [3.63, 3.8) is 0 Å². The van der Waals surface area contributed by atoms with Gasteiger partial charge in [0.05, 0.1) is 23.0 Å². The molecule has 0 saturated carbocycles. The van der Waals surface area contributed by atoms with Crippen LogP contribution in [-0.2, 0) is 0 Å². The summed E-state index contributed by atoms with van der Waals surface area (Å²) in [4.78, 5) is 17.1. The van der Waals surface area contributed by atoms with Crippen LogP contribution in [0.4, 0.5) is 5.69 Å². The Morgan fingerprint density at radius 3 is 2.72 bits per heavy atom. The number of aliphatic imine (C=N–C) groups is 1. The van der Waals surface area contributed by atoms with E-state index < -0.39 is 0 Å². The molecule has 4 nitrogen and oxygen atoms in total. The summed E-state index contributed by atoms with van der Waals surface area (Å²) < 4.78 is 0. The largest absolute Gasteiger partial charge is 0.271 e. The quantitative estimate of drug-likeness (QED) is 0.834. The summed E-state index contributed by atoms with van der Waals surface area (Å²) in [6, 6.07) is 15.3. The molecular weight excluding hydrogens is 310 g/mol. The summed E-state index contributed by atoms with van der Waals surface area (Å²) in [6.07, 6.45) is 7.98. The molecule has 1 atom stereocenters. The van der Waals surface area contributed by atoms with E-state index >= 15 is 0 Å². The van der Waals surface area contributed by atoms with Crippen molar-refractivity contribution in [3.05, 3.63) is 89.5 Å². The number of aryl methyl sites for hydroxylation is 1. The normalized spacial score (nSPS) is 19.2. The Labute approximate surface area is 146 Å². The Morgan fingerprint density at radius 1 is 1.08 bits per heavy atom. The van der Waals surface area contributed by atoms with Crippen LogP contribution in [0.1, 0.15) is 21.5 Å². The number of allylic oxidation sites excluding steroid dienone is 4. The Kier molecular flexibility index (Phi) is 3.86. The molecule has 25 heavy (non-hydrogen) atoms. The molecular formula is C21H17N3O. The van der Waals surface area contributed by atoms with Crippen LogP contribution < -0.4 is 5.43 Å². The Morgan fingerprint density at radius 2 is 1.88 bits per heavy atom. The van der Waals surface area contributed by atoms with Gasteiger partial charge in [0.15, 0.2) is 0 Å². The Balaban J connectivity index is 1.68. The number of rotatable bonds is 2. The zero-order valence-electron chi connectivity index (χ0n) is 13.8. The van der Waals surface area contributed by atoms with Gasteiger partial charge in [0, 0.05) is 11.1 Å². The van der Waals surface area contributed by atoms with Crippen molar-refractivity contribution in [1.82, 2.24) is 5.43 Å². The van der Waals surface area contributed by atoms with Gasteiger partial charge in [0.1, 0.15) is 0 Å². The number of carbonyl (C=O) groups is 1. The van der Waals surface area contributed by atoms with Crippen LogP contribution in [0.2, 0.25) is 0 Å². The van der Waals surface area contributed by atoms with Crippen molar-refractivity contribution >= 4 is 23.0 Å². The highest BCUT2D eigenvalue weighted by Gasteiger charge is 2.27. The molecule has 0 saturated heterocycles. The summed E-state index contributed by atoms with van der Waals surface area (Å²) in [7, 11) is 0. The van der Waals surface area contributed by atoms with Gasteiger partial charge in [-0.25, -0.2) is 5.43 Å². The number of nitrogens with zero attached hydrogens (tertiary/aromatic N) is 2. The number of hydrazone groups is 1. The number of fused-ring (bicyclic) bond motifs is 2. The van der Waals surface area contributed by atoms with Crippen molar-refractivity contribution in [3.8, 4) is 0 Å². The molecule has 1 heterocycles. The maximum atomic E-state index is 12.4. The number of hydrogen-bond donors (Lipinski definition) is 1. The number of benzene rings is 2. The van der Waals surface area contributed by atoms with Crippen LogP contribution in [0.15, 0.2) is 82.9 Å². The van der Waals surface area contributed by atoms with Gasteiger partial charge in [0.25, 0.3) is 5.91 Å². The topological polar surface area (TPSA) is 53.8 Å². The predicted octanol–water partition coefficient (Wildman–Crippen LogP) is 3.96. The molecule has 1 N–H and O–H groups in total. The summed E-state index contributed by atoms with van der Waals surface area (Å²) >= 11 is 0. The van der Waals surface area contributed by atoms with E-state index in [1.54, 1.807) is 12.1 Å². The van der Waals surface area contributed by atoms with Gasteiger partial charge in [0.2, 0.25) is 0 Å². The first-order valence-corrected chi connectivity index (χ1v) is 8.20. The molecule has 1 amide bonds. The van der Waals surface area contributed by atoms with Gasteiger partial charge < -0.3 is 0 Å². The van der Waals surface area contributed by atoms with Gasteiger partial charge in [-0.05, 0) is 31.2 Å². The fraction of sp³-hybridized carbons (Fsp3) is 0.0952. The molecule has 0 radical (unpaired) electrons. The second-order valence-corrected chi connectivity index (χ2v) is 6.08. The number of carbonyl (C=O) groups excluding carboxylic acids is 1. The zero-order chi connectivity index (χ0) is 17.2. The molecule has 1 unspecified atom stereocenters. The standard InChI is InChI=1S/C21H17N3O/c1-14-10-12-15(13-11-14)21(25)24-23-20-16-6-2-4-8-18(16)22-19-9-5-3-7-17(19)20/h2-13,16H,1H3,(H,24,25)/b23-20+. The van der Waals surface area contributed by atoms with E-state index in [2.05, 4.69) is 10.5 Å². The smallest absolute Gasteiger partial charge is 0.267 e. The lowest BCUT2D eigenvalue weighted by Gasteiger charge is -2.24. The molecule has 2 aliphatic rings. The maximum Gasteiger partial charge on any atom is 0.271 e. The average Bonchev–Trinajstić information content (AvgIpc) is 2.65. The fourth-order valence-electron chi connectivity index (χ4n) is 2.97. The van der Waals surface area contributed by atoms with Crippen LogP contribution >= 0.6 is 0 Å². The predicted molar refractivity (Wildman–Crippen MR) is 100 cm³/mol. The van der Waals surface area contributed by atoms with Gasteiger partial charge >= 0.3 is 0 Å². The van der Waals surface area contributed by atoms with Crippen molar-refractivity contribution < 1.29 is 4.79 Å². The Bertz CT molecular complexity index is 949. The van der Waals surface area contributed by atoms with E-state index in [1.807, 2.05) is 67.6 Å². The lowest BCUT2D eigenvalue weighted by molar-refractivity contribution is 0.0954. The van der Waals surface area contributed by atoms with Gasteiger partial charge in [-0.2, -0.15) is 5.10 Å². The lowest BCUT2D eigenvalue weighted by atomic mass is 9.86. The highest BCUT2D eigenvalue weighted by atomic mass is 16.2. The van der Waals surface area contributed by atoms with Gasteiger partial charge in [-0.1, -0.05) is 54.1 Å². The molecule has 4 heteroatoms. The number of nitrogens with one attached hydrogen (secondary N) is 1. The molecule has 2 aromatic carbocycles. The van der Waals surface area contributed by atoms with E-state index in [9.17, 15) is 4.79 Å². The molecule has 0 fully saturated rings. The lowest BCUT2D eigenvalue weighted by Crippen LogP contribution is -2.30. The second-order valence-electron chi connectivity index (χ2n) is 6.08. The minimum atomic E-state index is -0.218. The summed E-state index contributed by atoms with van der Waals surface area (Å²) in [5.41, 5.74) is 7.96. The van der Waals surface area contributed by atoms with Crippen LogP contribution in [0.3, 0.4) is 0 Å².